The highest BCUT2D eigenvalue weighted by molar-refractivity contribution is 9.11. The number of benzene rings is 1. The molecule has 15 nitrogen and oxygen atoms in total. The first-order valence-corrected chi connectivity index (χ1v) is 15.0. The lowest BCUT2D eigenvalue weighted by molar-refractivity contribution is -0.384. The second-order valence-corrected chi connectivity index (χ2v) is 11.2. The Hall–Kier alpha value is -3.14. The standard InChI is InChI=1S/C24H30BrN4O11P/c1-3-4-11-37-23(32)15(2)27-41(36,40-18-7-5-17(6-8-18)29(34)35)38-14-20-19(30)12-21(39-20)28-13-16(9-10-25)22(31)26-24(28)33/h5-10,13,15,19-21,30H,3-4,11-12,14H2,1-2H3,(H,27,36)(H,26,31,33)/b10-9+/t15-,19?,20+,21+,41?/m0/s1. The number of H-pyrrole nitrogens is 1. The maximum absolute atomic E-state index is 13.7. The molecule has 1 aliphatic rings. The van der Waals surface area contributed by atoms with Gasteiger partial charge in [0.1, 0.15) is 24.1 Å². The highest BCUT2D eigenvalue weighted by Crippen LogP contribution is 2.46. The van der Waals surface area contributed by atoms with Gasteiger partial charge in [-0.05, 0) is 36.5 Å². The lowest BCUT2D eigenvalue weighted by atomic mass is 10.2. The second-order valence-electron chi connectivity index (χ2n) is 8.98. The Kier molecular flexibility index (Phi) is 11.6. The number of aromatic nitrogens is 2. The van der Waals surface area contributed by atoms with E-state index in [1.165, 1.54) is 36.3 Å². The van der Waals surface area contributed by atoms with E-state index in [1.54, 1.807) is 0 Å². The Labute approximate surface area is 242 Å². The third kappa shape index (κ3) is 8.92. The minimum Gasteiger partial charge on any atom is -0.465 e. The lowest BCUT2D eigenvalue weighted by Crippen LogP contribution is -2.36. The van der Waals surface area contributed by atoms with Crippen LogP contribution in [0.5, 0.6) is 5.75 Å². The van der Waals surface area contributed by atoms with E-state index < -0.39 is 61.0 Å². The smallest absolute Gasteiger partial charge is 0.459 e. The van der Waals surface area contributed by atoms with E-state index in [4.69, 9.17) is 18.5 Å². The maximum Gasteiger partial charge on any atom is 0.459 e. The van der Waals surface area contributed by atoms with Crippen LogP contribution in [0.1, 0.15) is 44.9 Å². The van der Waals surface area contributed by atoms with Crippen molar-refractivity contribution in [3.05, 3.63) is 72.0 Å². The number of nitrogens with one attached hydrogen (secondary N) is 2. The molecule has 0 radical (unpaired) electrons. The van der Waals surface area contributed by atoms with Crippen LogP contribution in [0.25, 0.3) is 6.08 Å². The van der Waals surface area contributed by atoms with E-state index in [0.717, 1.165) is 23.1 Å². The Morgan fingerprint density at radius 2 is 2.10 bits per heavy atom. The van der Waals surface area contributed by atoms with Crippen LogP contribution < -0.4 is 20.9 Å². The summed E-state index contributed by atoms with van der Waals surface area (Å²) >= 11 is 3.07. The van der Waals surface area contributed by atoms with Gasteiger partial charge in [-0.3, -0.25) is 33.8 Å². The number of esters is 1. The zero-order valence-electron chi connectivity index (χ0n) is 22.1. The summed E-state index contributed by atoms with van der Waals surface area (Å²) in [5, 5.41) is 24.0. The predicted octanol–water partition coefficient (Wildman–Crippen LogP) is 2.98. The van der Waals surface area contributed by atoms with Gasteiger partial charge in [0.05, 0.1) is 29.8 Å². The molecule has 1 aliphatic heterocycles. The van der Waals surface area contributed by atoms with Crippen molar-refractivity contribution in [2.45, 2.75) is 57.6 Å². The van der Waals surface area contributed by atoms with Crippen LogP contribution in [-0.2, 0) is 23.4 Å². The fourth-order valence-electron chi connectivity index (χ4n) is 3.70. The zero-order valence-corrected chi connectivity index (χ0v) is 24.6. The van der Waals surface area contributed by atoms with Gasteiger partial charge in [0.2, 0.25) is 0 Å². The van der Waals surface area contributed by atoms with Crippen LogP contribution in [-0.4, -0.2) is 57.0 Å². The molecule has 5 atom stereocenters. The number of ether oxygens (including phenoxy) is 2. The Bertz CT molecular complexity index is 1410. The molecule has 0 amide bonds. The van der Waals surface area contributed by atoms with Crippen molar-refractivity contribution in [2.75, 3.05) is 13.2 Å². The Balaban J connectivity index is 1.77. The molecule has 17 heteroatoms. The summed E-state index contributed by atoms with van der Waals surface area (Å²) in [6.07, 6.45) is 0.830. The molecule has 2 aromatic rings. The van der Waals surface area contributed by atoms with E-state index in [-0.39, 0.29) is 30.0 Å². The maximum atomic E-state index is 13.7. The van der Waals surface area contributed by atoms with Gasteiger partial charge in [-0.2, -0.15) is 5.09 Å². The van der Waals surface area contributed by atoms with Crippen molar-refractivity contribution >= 4 is 41.4 Å². The van der Waals surface area contributed by atoms with Gasteiger partial charge in [0.25, 0.3) is 11.2 Å². The molecule has 2 unspecified atom stereocenters. The zero-order chi connectivity index (χ0) is 30.2. The number of unbranched alkanes of at least 4 members (excludes halogenated alkanes) is 1. The number of aliphatic hydroxyl groups is 1. The summed E-state index contributed by atoms with van der Waals surface area (Å²) < 4.78 is 36.8. The van der Waals surface area contributed by atoms with Crippen molar-refractivity contribution in [1.29, 1.82) is 0 Å². The molecule has 3 rings (SSSR count). The fourth-order valence-corrected chi connectivity index (χ4v) is 5.49. The van der Waals surface area contributed by atoms with Crippen molar-refractivity contribution in [3.8, 4) is 5.75 Å². The Morgan fingerprint density at radius 1 is 1.39 bits per heavy atom. The molecule has 41 heavy (non-hydrogen) atoms. The topological polar surface area (TPSA) is 201 Å². The lowest BCUT2D eigenvalue weighted by Gasteiger charge is -2.24. The number of halogens is 1. The van der Waals surface area contributed by atoms with E-state index in [0.29, 0.717) is 6.42 Å². The number of aliphatic hydroxyl groups excluding tert-OH is 1. The molecule has 1 aromatic carbocycles. The summed E-state index contributed by atoms with van der Waals surface area (Å²) in [4.78, 5) is 50.7. The monoisotopic (exact) mass is 660 g/mol. The summed E-state index contributed by atoms with van der Waals surface area (Å²) in [5.41, 5.74) is -1.44. The van der Waals surface area contributed by atoms with Crippen molar-refractivity contribution in [2.24, 2.45) is 0 Å². The molecule has 0 spiro atoms. The largest absolute Gasteiger partial charge is 0.465 e. The van der Waals surface area contributed by atoms with Gasteiger partial charge < -0.3 is 19.1 Å². The number of hydrogen-bond acceptors (Lipinski definition) is 11. The molecule has 1 fully saturated rings. The van der Waals surface area contributed by atoms with Gasteiger partial charge >= 0.3 is 19.4 Å². The molecule has 0 bridgehead atoms. The number of nitro groups is 1. The minimum atomic E-state index is -4.37. The van der Waals surface area contributed by atoms with Crippen LogP contribution in [0.15, 0.2) is 45.0 Å². The molecule has 224 valence electrons. The first-order chi connectivity index (χ1) is 19.5. The van der Waals surface area contributed by atoms with E-state index >= 15 is 0 Å². The molecular formula is C24H30BrN4O11P. The number of rotatable bonds is 14. The van der Waals surface area contributed by atoms with Crippen molar-refractivity contribution in [1.82, 2.24) is 14.6 Å². The number of aromatic amines is 1. The quantitative estimate of drug-likeness (QED) is 0.0880. The summed E-state index contributed by atoms with van der Waals surface area (Å²) in [6.45, 7) is 2.98. The molecule has 0 saturated carbocycles. The number of nitro benzene ring substituents is 1. The highest BCUT2D eigenvalue weighted by Gasteiger charge is 2.39. The number of hydrogen-bond donors (Lipinski definition) is 3. The van der Waals surface area contributed by atoms with Crippen LogP contribution in [0, 0.1) is 10.1 Å². The number of nitrogens with zero attached hydrogens (tertiary/aromatic N) is 2. The molecule has 2 heterocycles. The highest BCUT2D eigenvalue weighted by atomic mass is 79.9. The van der Waals surface area contributed by atoms with E-state index in [1.807, 2.05) is 6.92 Å². The number of carbonyl (C=O) groups is 1. The van der Waals surface area contributed by atoms with Crippen LogP contribution in [0.4, 0.5) is 5.69 Å². The molecule has 1 aromatic heterocycles. The fraction of sp³-hybridized carbons (Fsp3) is 0.458. The van der Waals surface area contributed by atoms with E-state index in [2.05, 4.69) is 26.0 Å². The normalized spacial score (nSPS) is 20.9. The third-order valence-electron chi connectivity index (χ3n) is 5.88. The number of carbonyl (C=O) groups excluding carboxylic acids is 1. The average molecular weight is 661 g/mol. The SMILES string of the molecule is CCCCOC(=O)[C@H](C)NP(=O)(OC[C@H]1O[C@@H](n2cc(/C=C/Br)c(=O)[nH]c2=O)CC1O)Oc1ccc([N+](=O)[O-])cc1. The average Bonchev–Trinajstić information content (AvgIpc) is 3.29. The second kappa shape index (κ2) is 14.7. The number of non-ortho nitro benzene ring substituents is 1. The molecule has 0 aliphatic carbocycles. The minimum absolute atomic E-state index is 0.0570. The van der Waals surface area contributed by atoms with Gasteiger partial charge in [0.15, 0.2) is 0 Å². The first kappa shape index (κ1) is 32.4. The molecular weight excluding hydrogens is 631 g/mol. The van der Waals surface area contributed by atoms with Gasteiger partial charge in [-0.15, -0.1) is 0 Å². The summed E-state index contributed by atoms with van der Waals surface area (Å²) in [5.74, 6) is -0.770. The van der Waals surface area contributed by atoms with Gasteiger partial charge in [-0.1, -0.05) is 29.3 Å². The third-order valence-corrected chi connectivity index (χ3v) is 7.79. The summed E-state index contributed by atoms with van der Waals surface area (Å²) in [6, 6.07) is 3.55. The predicted molar refractivity (Wildman–Crippen MR) is 150 cm³/mol. The van der Waals surface area contributed by atoms with Gasteiger partial charge in [-0.25, -0.2) is 9.36 Å². The summed E-state index contributed by atoms with van der Waals surface area (Å²) in [7, 11) is -4.37. The van der Waals surface area contributed by atoms with Crippen LogP contribution in [0.2, 0.25) is 0 Å². The van der Waals surface area contributed by atoms with E-state index in [9.17, 15) is 34.2 Å². The van der Waals surface area contributed by atoms with Crippen molar-refractivity contribution in [3.63, 3.8) is 0 Å². The Morgan fingerprint density at radius 3 is 2.73 bits per heavy atom. The van der Waals surface area contributed by atoms with Gasteiger partial charge in [0, 0.05) is 24.8 Å². The molecule has 3 N–H and O–H groups in total. The van der Waals surface area contributed by atoms with Crippen molar-refractivity contribution < 1.29 is 37.9 Å². The van der Waals surface area contributed by atoms with Crippen LogP contribution in [0.3, 0.4) is 0 Å². The molecule has 1 saturated heterocycles. The van der Waals surface area contributed by atoms with Crippen LogP contribution >= 0.6 is 23.7 Å². The first-order valence-electron chi connectivity index (χ1n) is 12.5.